The Morgan fingerprint density at radius 2 is 1.94 bits per heavy atom. The van der Waals surface area contributed by atoms with Gasteiger partial charge in [-0.2, -0.15) is 0 Å². The van der Waals surface area contributed by atoms with E-state index < -0.39 is 0 Å². The van der Waals surface area contributed by atoms with Crippen LogP contribution in [0.25, 0.3) is 0 Å². The first kappa shape index (κ1) is 10.8. The second-order valence-corrected chi connectivity index (χ2v) is 5.72. The van der Waals surface area contributed by atoms with Gasteiger partial charge in [0, 0.05) is 6.04 Å². The zero-order valence-corrected chi connectivity index (χ0v) is 10.3. The monoisotopic (exact) mass is 230 g/mol. The lowest BCUT2D eigenvalue weighted by atomic mass is 10.1. The van der Waals surface area contributed by atoms with Gasteiger partial charge in [-0.25, -0.2) is 0 Å². The fraction of sp³-hybridized carbons (Fsp3) is 0.500. The molecule has 17 heavy (non-hydrogen) atoms. The SMILES string of the molecule is CC1(C)CC1N1CNC(c2ccccc2)C1=O. The first-order valence-electron chi connectivity index (χ1n) is 6.18. The van der Waals surface area contributed by atoms with E-state index in [0.717, 1.165) is 12.0 Å². The fourth-order valence-corrected chi connectivity index (χ4v) is 2.66. The number of benzene rings is 1. The molecule has 1 saturated carbocycles. The minimum Gasteiger partial charge on any atom is -0.325 e. The third-order valence-corrected chi connectivity index (χ3v) is 3.97. The summed E-state index contributed by atoms with van der Waals surface area (Å²) in [6, 6.07) is 10.2. The Morgan fingerprint density at radius 1 is 1.29 bits per heavy atom. The van der Waals surface area contributed by atoms with Gasteiger partial charge in [0.05, 0.1) is 6.67 Å². The van der Waals surface area contributed by atoms with Gasteiger partial charge >= 0.3 is 0 Å². The maximum atomic E-state index is 12.3. The highest BCUT2D eigenvalue weighted by atomic mass is 16.2. The molecule has 1 amide bonds. The van der Waals surface area contributed by atoms with Gasteiger partial charge in [0.1, 0.15) is 6.04 Å². The fourth-order valence-electron chi connectivity index (χ4n) is 2.66. The molecule has 1 N–H and O–H groups in total. The Bertz CT molecular complexity index is 441. The van der Waals surface area contributed by atoms with E-state index in [-0.39, 0.29) is 11.9 Å². The van der Waals surface area contributed by atoms with Crippen molar-refractivity contribution in [1.82, 2.24) is 10.2 Å². The summed E-state index contributed by atoms with van der Waals surface area (Å²) < 4.78 is 0. The molecule has 1 aromatic carbocycles. The summed E-state index contributed by atoms with van der Waals surface area (Å²) in [6.07, 6.45) is 1.13. The summed E-state index contributed by atoms with van der Waals surface area (Å²) in [6.45, 7) is 5.13. The second kappa shape index (κ2) is 3.57. The van der Waals surface area contributed by atoms with Crippen molar-refractivity contribution in [2.24, 2.45) is 5.41 Å². The number of amides is 1. The molecule has 2 fully saturated rings. The molecule has 0 bridgehead atoms. The molecule has 2 unspecified atom stereocenters. The van der Waals surface area contributed by atoms with Crippen molar-refractivity contribution >= 4 is 5.91 Å². The third kappa shape index (κ3) is 1.75. The molecule has 1 aliphatic heterocycles. The van der Waals surface area contributed by atoms with E-state index in [1.54, 1.807) is 0 Å². The third-order valence-electron chi connectivity index (χ3n) is 3.97. The molecular weight excluding hydrogens is 212 g/mol. The molecule has 3 nitrogen and oxygen atoms in total. The average Bonchev–Trinajstić information content (AvgIpc) is 2.78. The normalized spacial score (nSPS) is 30.7. The smallest absolute Gasteiger partial charge is 0.245 e. The van der Waals surface area contributed by atoms with Crippen LogP contribution < -0.4 is 5.32 Å². The highest BCUT2D eigenvalue weighted by molar-refractivity contribution is 5.85. The topological polar surface area (TPSA) is 32.3 Å². The van der Waals surface area contributed by atoms with Crippen LogP contribution in [-0.4, -0.2) is 23.5 Å². The quantitative estimate of drug-likeness (QED) is 0.841. The number of nitrogens with one attached hydrogen (secondary N) is 1. The van der Waals surface area contributed by atoms with Gasteiger partial charge in [-0.1, -0.05) is 44.2 Å². The predicted molar refractivity (Wildman–Crippen MR) is 66.2 cm³/mol. The molecule has 0 radical (unpaired) electrons. The van der Waals surface area contributed by atoms with Crippen molar-refractivity contribution in [3.8, 4) is 0 Å². The van der Waals surface area contributed by atoms with Crippen LogP contribution in [-0.2, 0) is 4.79 Å². The molecular formula is C14H18N2O. The first-order chi connectivity index (χ1) is 8.09. The Hall–Kier alpha value is -1.35. The number of nitrogens with zero attached hydrogens (tertiary/aromatic N) is 1. The number of carbonyl (C=O) groups is 1. The number of carbonyl (C=O) groups excluding carboxylic acids is 1. The zero-order valence-electron chi connectivity index (χ0n) is 10.3. The molecule has 1 saturated heterocycles. The molecule has 1 aromatic rings. The molecule has 0 aromatic heterocycles. The molecule has 3 rings (SSSR count). The van der Waals surface area contributed by atoms with Crippen molar-refractivity contribution in [2.45, 2.75) is 32.4 Å². The highest BCUT2D eigenvalue weighted by Crippen LogP contribution is 2.49. The molecule has 2 atom stereocenters. The van der Waals surface area contributed by atoms with E-state index in [1.165, 1.54) is 0 Å². The van der Waals surface area contributed by atoms with Gasteiger partial charge in [0.25, 0.3) is 0 Å². The molecule has 2 aliphatic rings. The first-order valence-corrected chi connectivity index (χ1v) is 6.18. The highest BCUT2D eigenvalue weighted by Gasteiger charge is 2.53. The van der Waals surface area contributed by atoms with Gasteiger partial charge in [0.15, 0.2) is 0 Å². The Morgan fingerprint density at radius 3 is 2.53 bits per heavy atom. The zero-order chi connectivity index (χ0) is 12.0. The summed E-state index contributed by atoms with van der Waals surface area (Å²) in [4.78, 5) is 14.3. The van der Waals surface area contributed by atoms with E-state index in [1.807, 2.05) is 35.2 Å². The number of rotatable bonds is 2. The van der Waals surface area contributed by atoms with Crippen LogP contribution in [0.5, 0.6) is 0 Å². The molecule has 1 heterocycles. The maximum Gasteiger partial charge on any atom is 0.245 e. The van der Waals surface area contributed by atoms with E-state index >= 15 is 0 Å². The van der Waals surface area contributed by atoms with E-state index in [9.17, 15) is 4.79 Å². The van der Waals surface area contributed by atoms with Crippen LogP contribution in [0.1, 0.15) is 31.9 Å². The van der Waals surface area contributed by atoms with Crippen LogP contribution in [0.4, 0.5) is 0 Å². The molecule has 1 aliphatic carbocycles. The molecule has 0 spiro atoms. The van der Waals surface area contributed by atoms with Gasteiger partial charge in [-0.05, 0) is 17.4 Å². The summed E-state index contributed by atoms with van der Waals surface area (Å²) in [5.74, 6) is 0.228. The van der Waals surface area contributed by atoms with E-state index in [2.05, 4.69) is 19.2 Å². The van der Waals surface area contributed by atoms with Crippen LogP contribution in [0.3, 0.4) is 0 Å². The molecule has 90 valence electrons. The summed E-state index contributed by atoms with van der Waals surface area (Å²) in [5, 5.41) is 3.31. The van der Waals surface area contributed by atoms with E-state index in [0.29, 0.717) is 18.1 Å². The largest absolute Gasteiger partial charge is 0.325 e. The van der Waals surface area contributed by atoms with Crippen molar-refractivity contribution in [3.05, 3.63) is 35.9 Å². The second-order valence-electron chi connectivity index (χ2n) is 5.72. The van der Waals surface area contributed by atoms with Gasteiger partial charge in [-0.3, -0.25) is 10.1 Å². The van der Waals surface area contributed by atoms with Crippen molar-refractivity contribution < 1.29 is 4.79 Å². The van der Waals surface area contributed by atoms with Crippen LogP contribution in [0.15, 0.2) is 30.3 Å². The summed E-state index contributed by atoms with van der Waals surface area (Å²) in [7, 11) is 0. The summed E-state index contributed by atoms with van der Waals surface area (Å²) in [5.41, 5.74) is 1.38. The lowest BCUT2D eigenvalue weighted by molar-refractivity contribution is -0.129. The summed E-state index contributed by atoms with van der Waals surface area (Å²) >= 11 is 0. The Kier molecular flexibility index (Phi) is 2.26. The van der Waals surface area contributed by atoms with Crippen LogP contribution in [0, 0.1) is 5.41 Å². The lowest BCUT2D eigenvalue weighted by Crippen LogP contribution is -2.31. The minimum atomic E-state index is -0.146. The lowest BCUT2D eigenvalue weighted by Gasteiger charge is -2.17. The van der Waals surface area contributed by atoms with Gasteiger partial charge < -0.3 is 4.90 Å². The predicted octanol–water partition coefficient (Wildman–Crippen LogP) is 1.92. The van der Waals surface area contributed by atoms with Crippen LogP contribution in [0.2, 0.25) is 0 Å². The number of hydrogen-bond donors (Lipinski definition) is 1. The standard InChI is InChI=1S/C14H18N2O/c1-14(2)8-11(14)16-9-15-12(13(16)17)10-6-4-3-5-7-10/h3-7,11-12,15H,8-9H2,1-2H3. The maximum absolute atomic E-state index is 12.3. The van der Waals surface area contributed by atoms with Gasteiger partial charge in [-0.15, -0.1) is 0 Å². The van der Waals surface area contributed by atoms with Crippen molar-refractivity contribution in [2.75, 3.05) is 6.67 Å². The van der Waals surface area contributed by atoms with E-state index in [4.69, 9.17) is 0 Å². The minimum absolute atomic E-state index is 0.146. The van der Waals surface area contributed by atoms with Crippen molar-refractivity contribution in [3.63, 3.8) is 0 Å². The van der Waals surface area contributed by atoms with Gasteiger partial charge in [0.2, 0.25) is 5.91 Å². The van der Waals surface area contributed by atoms with Crippen LogP contribution >= 0.6 is 0 Å². The molecule has 3 heteroatoms. The Labute approximate surface area is 102 Å². The average molecular weight is 230 g/mol. The number of hydrogen-bond acceptors (Lipinski definition) is 2. The van der Waals surface area contributed by atoms with Crippen molar-refractivity contribution in [1.29, 1.82) is 0 Å². The Balaban J connectivity index is 1.77.